The number of nitrogens with zero attached hydrogens (tertiary/aromatic N) is 2. The molecule has 0 saturated heterocycles. The van der Waals surface area contributed by atoms with E-state index in [0.29, 0.717) is 17.1 Å². The molecule has 27 heavy (non-hydrogen) atoms. The summed E-state index contributed by atoms with van der Waals surface area (Å²) < 4.78 is 0. The molecule has 0 aliphatic carbocycles. The van der Waals surface area contributed by atoms with Gasteiger partial charge in [0.25, 0.3) is 5.91 Å². The molecular formula is C20H19N5O2. The molecule has 3 rings (SSSR count). The van der Waals surface area contributed by atoms with Crippen molar-refractivity contribution >= 4 is 29.0 Å². The number of nitrogens with one attached hydrogen (secondary N) is 3. The first-order valence-corrected chi connectivity index (χ1v) is 8.39. The van der Waals surface area contributed by atoms with Crippen molar-refractivity contribution in [2.24, 2.45) is 0 Å². The molecule has 0 fully saturated rings. The quantitative estimate of drug-likeness (QED) is 0.627. The average Bonchev–Trinajstić information content (AvgIpc) is 2.68. The van der Waals surface area contributed by atoms with Crippen LogP contribution in [0, 0.1) is 6.92 Å². The molecule has 0 unspecified atom stereocenters. The smallest absolute Gasteiger partial charge is 0.251 e. The molecule has 3 aromatic rings. The van der Waals surface area contributed by atoms with Crippen molar-refractivity contribution in [2.45, 2.75) is 6.92 Å². The third kappa shape index (κ3) is 5.37. The normalized spacial score (nSPS) is 10.1. The highest BCUT2D eigenvalue weighted by atomic mass is 16.2. The molecule has 1 heterocycles. The van der Waals surface area contributed by atoms with Crippen LogP contribution in [0.4, 0.5) is 17.2 Å². The fraction of sp³-hybridized carbons (Fsp3) is 0.100. The second kappa shape index (κ2) is 8.57. The molecule has 2 aromatic carbocycles. The number of carbonyl (C=O) groups is 2. The number of hydrogen-bond acceptors (Lipinski definition) is 5. The lowest BCUT2D eigenvalue weighted by molar-refractivity contribution is -0.115. The van der Waals surface area contributed by atoms with Crippen LogP contribution in [0.25, 0.3) is 0 Å². The Hall–Kier alpha value is -3.74. The van der Waals surface area contributed by atoms with Gasteiger partial charge >= 0.3 is 0 Å². The summed E-state index contributed by atoms with van der Waals surface area (Å²) in [6.07, 6.45) is 1.50. The average molecular weight is 361 g/mol. The number of benzene rings is 2. The van der Waals surface area contributed by atoms with Crippen molar-refractivity contribution in [3.8, 4) is 0 Å². The third-order valence-electron chi connectivity index (χ3n) is 3.69. The largest absolute Gasteiger partial charge is 0.343 e. The maximum Gasteiger partial charge on any atom is 0.251 e. The van der Waals surface area contributed by atoms with Crippen LogP contribution < -0.4 is 16.0 Å². The van der Waals surface area contributed by atoms with Gasteiger partial charge in [-0.2, -0.15) is 0 Å². The van der Waals surface area contributed by atoms with E-state index in [1.165, 1.54) is 6.33 Å². The number of hydrogen-bond donors (Lipinski definition) is 3. The molecule has 2 amide bonds. The van der Waals surface area contributed by atoms with E-state index in [-0.39, 0.29) is 18.4 Å². The van der Waals surface area contributed by atoms with E-state index in [9.17, 15) is 9.59 Å². The topological polar surface area (TPSA) is 96.0 Å². The molecule has 7 nitrogen and oxygen atoms in total. The summed E-state index contributed by atoms with van der Waals surface area (Å²) in [6.45, 7) is 1.79. The zero-order valence-corrected chi connectivity index (χ0v) is 14.8. The van der Waals surface area contributed by atoms with Gasteiger partial charge in [0.2, 0.25) is 5.91 Å². The molecule has 136 valence electrons. The second-order valence-corrected chi connectivity index (χ2v) is 5.84. The van der Waals surface area contributed by atoms with Gasteiger partial charge in [0.05, 0.1) is 6.54 Å². The second-order valence-electron chi connectivity index (χ2n) is 5.84. The van der Waals surface area contributed by atoms with E-state index >= 15 is 0 Å². The van der Waals surface area contributed by atoms with Crippen LogP contribution in [-0.4, -0.2) is 28.3 Å². The van der Waals surface area contributed by atoms with Gasteiger partial charge < -0.3 is 16.0 Å². The Bertz CT molecular complexity index is 927. The fourth-order valence-electron chi connectivity index (χ4n) is 2.36. The first-order chi connectivity index (χ1) is 13.1. The third-order valence-corrected chi connectivity index (χ3v) is 3.69. The fourth-order valence-corrected chi connectivity index (χ4v) is 2.36. The molecule has 0 radical (unpaired) electrons. The number of amides is 2. The predicted octanol–water partition coefficient (Wildman–Crippen LogP) is 2.90. The van der Waals surface area contributed by atoms with Crippen LogP contribution in [0.15, 0.2) is 67.0 Å². The highest BCUT2D eigenvalue weighted by molar-refractivity contribution is 5.99. The molecule has 0 atom stereocenters. The van der Waals surface area contributed by atoms with E-state index in [4.69, 9.17) is 0 Å². The van der Waals surface area contributed by atoms with Gasteiger partial charge in [-0.25, -0.2) is 9.97 Å². The van der Waals surface area contributed by atoms with E-state index in [1.54, 1.807) is 36.4 Å². The summed E-state index contributed by atoms with van der Waals surface area (Å²) in [7, 11) is 0. The van der Waals surface area contributed by atoms with E-state index in [2.05, 4.69) is 25.9 Å². The Kier molecular flexibility index (Phi) is 5.73. The van der Waals surface area contributed by atoms with Gasteiger partial charge in [-0.15, -0.1) is 0 Å². The van der Waals surface area contributed by atoms with Gasteiger partial charge in [-0.05, 0) is 43.3 Å². The van der Waals surface area contributed by atoms with E-state index < -0.39 is 0 Å². The molecular weight excluding hydrogens is 342 g/mol. The van der Waals surface area contributed by atoms with Gasteiger partial charge in [-0.3, -0.25) is 9.59 Å². The van der Waals surface area contributed by atoms with Crippen molar-refractivity contribution in [3.05, 3.63) is 78.2 Å². The summed E-state index contributed by atoms with van der Waals surface area (Å²) in [5.41, 5.74) is 2.86. The Balaban J connectivity index is 1.50. The molecule has 0 saturated carbocycles. The molecule has 7 heteroatoms. The van der Waals surface area contributed by atoms with E-state index in [1.807, 2.05) is 31.2 Å². The maximum atomic E-state index is 12.0. The lowest BCUT2D eigenvalue weighted by Crippen LogP contribution is -2.32. The SMILES string of the molecule is Cc1cc(Nc2ccc(NC(=O)CNC(=O)c3ccccc3)cc2)ncn1. The number of aromatic nitrogens is 2. The van der Waals surface area contributed by atoms with Gasteiger partial charge in [0.1, 0.15) is 12.1 Å². The lowest BCUT2D eigenvalue weighted by Gasteiger charge is -2.09. The zero-order valence-electron chi connectivity index (χ0n) is 14.8. The number of carbonyl (C=O) groups excluding carboxylic acids is 2. The Labute approximate surface area is 156 Å². The minimum atomic E-state index is -0.300. The van der Waals surface area contributed by atoms with Crippen LogP contribution in [0.1, 0.15) is 16.1 Å². The Morgan fingerprint density at radius 2 is 1.63 bits per heavy atom. The summed E-state index contributed by atoms with van der Waals surface area (Å²) in [4.78, 5) is 32.1. The molecule has 0 bridgehead atoms. The highest BCUT2D eigenvalue weighted by Crippen LogP contribution is 2.17. The van der Waals surface area contributed by atoms with Gasteiger partial charge in [-0.1, -0.05) is 18.2 Å². The molecule has 0 aliphatic heterocycles. The van der Waals surface area contributed by atoms with Crippen LogP contribution in [0.5, 0.6) is 0 Å². The molecule has 1 aromatic heterocycles. The van der Waals surface area contributed by atoms with Crippen molar-refractivity contribution in [2.75, 3.05) is 17.2 Å². The number of rotatable bonds is 6. The molecule has 0 aliphatic rings. The van der Waals surface area contributed by atoms with Crippen LogP contribution >= 0.6 is 0 Å². The number of aryl methyl sites for hydroxylation is 1. The van der Waals surface area contributed by atoms with Gasteiger partial charge in [0, 0.05) is 28.7 Å². The number of anilines is 3. The summed E-state index contributed by atoms with van der Waals surface area (Å²) in [6, 6.07) is 17.8. The van der Waals surface area contributed by atoms with Gasteiger partial charge in [0.15, 0.2) is 0 Å². The first kappa shape index (κ1) is 18.1. The monoisotopic (exact) mass is 361 g/mol. The van der Waals surface area contributed by atoms with Crippen molar-refractivity contribution in [1.82, 2.24) is 15.3 Å². The standard InChI is InChI=1S/C20H19N5O2/c1-14-11-18(23-13-22-14)24-16-7-9-17(10-8-16)25-19(26)12-21-20(27)15-5-3-2-4-6-15/h2-11,13H,12H2,1H3,(H,21,27)(H,25,26)(H,22,23,24). The molecule has 0 spiro atoms. The van der Waals surface area contributed by atoms with E-state index in [0.717, 1.165) is 11.4 Å². The summed E-state index contributed by atoms with van der Waals surface area (Å²) in [5.74, 6) is 0.111. The van der Waals surface area contributed by atoms with Crippen molar-refractivity contribution in [3.63, 3.8) is 0 Å². The Morgan fingerprint density at radius 3 is 2.33 bits per heavy atom. The highest BCUT2D eigenvalue weighted by Gasteiger charge is 2.08. The van der Waals surface area contributed by atoms with Crippen LogP contribution in [0.2, 0.25) is 0 Å². The van der Waals surface area contributed by atoms with Crippen LogP contribution in [0.3, 0.4) is 0 Å². The summed E-state index contributed by atoms with van der Waals surface area (Å²) in [5, 5.41) is 8.50. The van der Waals surface area contributed by atoms with Crippen LogP contribution in [-0.2, 0) is 4.79 Å². The minimum absolute atomic E-state index is 0.103. The minimum Gasteiger partial charge on any atom is -0.343 e. The first-order valence-electron chi connectivity index (χ1n) is 8.39. The zero-order chi connectivity index (χ0) is 19.1. The van der Waals surface area contributed by atoms with Crippen molar-refractivity contribution in [1.29, 1.82) is 0 Å². The maximum absolute atomic E-state index is 12.0. The molecule has 3 N–H and O–H groups in total. The lowest BCUT2D eigenvalue weighted by atomic mass is 10.2. The summed E-state index contributed by atoms with van der Waals surface area (Å²) >= 11 is 0. The Morgan fingerprint density at radius 1 is 0.926 bits per heavy atom. The van der Waals surface area contributed by atoms with Crippen molar-refractivity contribution < 1.29 is 9.59 Å². The predicted molar refractivity (Wildman–Crippen MR) is 104 cm³/mol.